The van der Waals surface area contributed by atoms with Crippen LogP contribution in [0.5, 0.6) is 5.75 Å². The van der Waals surface area contributed by atoms with Gasteiger partial charge in [-0.05, 0) is 30.0 Å². The fraction of sp³-hybridized carbons (Fsp3) is 0.500. The van der Waals surface area contributed by atoms with Crippen molar-refractivity contribution in [3.63, 3.8) is 0 Å². The van der Waals surface area contributed by atoms with Crippen LogP contribution in [0.1, 0.15) is 25.8 Å². The second-order valence-electron chi connectivity index (χ2n) is 4.87. The zero-order chi connectivity index (χ0) is 12.8. The Balaban J connectivity index is 2.60. The van der Waals surface area contributed by atoms with Crippen LogP contribution >= 0.6 is 0 Å². The third-order valence-corrected chi connectivity index (χ3v) is 2.81. The van der Waals surface area contributed by atoms with Crippen LogP contribution in [0.25, 0.3) is 0 Å². The number of phenols is 1. The molecule has 0 fully saturated rings. The van der Waals surface area contributed by atoms with Gasteiger partial charge in [0.05, 0.1) is 0 Å². The molecule has 0 aliphatic carbocycles. The fourth-order valence-electron chi connectivity index (χ4n) is 1.89. The quantitative estimate of drug-likeness (QED) is 0.794. The van der Waals surface area contributed by atoms with Gasteiger partial charge in [-0.3, -0.25) is 4.79 Å². The van der Waals surface area contributed by atoms with Crippen LogP contribution in [0.15, 0.2) is 24.3 Å². The average molecular weight is 235 g/mol. The van der Waals surface area contributed by atoms with Crippen molar-refractivity contribution in [1.82, 2.24) is 0 Å². The van der Waals surface area contributed by atoms with Crippen molar-refractivity contribution in [3.05, 3.63) is 29.8 Å². The lowest BCUT2D eigenvalue weighted by Crippen LogP contribution is -2.26. The molecule has 94 valence electrons. The number of Topliss-reactive ketones (excluding diaryl/α,β-unsaturated/α-hetero) is 1. The number of carbonyl (C=O) groups is 1. The zero-order valence-corrected chi connectivity index (χ0v) is 10.5. The normalized spacial score (nSPS) is 12.7. The maximum absolute atomic E-state index is 12.0. The van der Waals surface area contributed by atoms with Gasteiger partial charge in [0.15, 0.2) is 0 Å². The van der Waals surface area contributed by atoms with E-state index in [9.17, 15) is 4.79 Å². The van der Waals surface area contributed by atoms with Crippen LogP contribution in [0, 0.1) is 11.8 Å². The van der Waals surface area contributed by atoms with E-state index < -0.39 is 0 Å². The van der Waals surface area contributed by atoms with Crippen LogP contribution in [0.2, 0.25) is 0 Å². The minimum atomic E-state index is -0.0520. The first-order valence-electron chi connectivity index (χ1n) is 6.03. The van der Waals surface area contributed by atoms with Gasteiger partial charge < -0.3 is 10.8 Å². The van der Waals surface area contributed by atoms with E-state index in [1.54, 1.807) is 24.3 Å². The highest BCUT2D eigenvalue weighted by Gasteiger charge is 2.18. The highest BCUT2D eigenvalue weighted by atomic mass is 16.3. The molecule has 0 spiro atoms. The van der Waals surface area contributed by atoms with Gasteiger partial charge in [-0.15, -0.1) is 0 Å². The van der Waals surface area contributed by atoms with Crippen molar-refractivity contribution in [3.8, 4) is 5.75 Å². The summed E-state index contributed by atoms with van der Waals surface area (Å²) in [5.74, 6) is 0.835. The third-order valence-electron chi connectivity index (χ3n) is 2.81. The van der Waals surface area contributed by atoms with Crippen molar-refractivity contribution in [2.24, 2.45) is 17.6 Å². The second kappa shape index (κ2) is 6.40. The Hall–Kier alpha value is -1.35. The van der Waals surface area contributed by atoms with Gasteiger partial charge in [-0.25, -0.2) is 0 Å². The van der Waals surface area contributed by atoms with Gasteiger partial charge in [0.25, 0.3) is 0 Å². The van der Waals surface area contributed by atoms with E-state index in [1.807, 2.05) is 0 Å². The Kier molecular flexibility index (Phi) is 5.16. The Morgan fingerprint density at radius 2 is 1.88 bits per heavy atom. The van der Waals surface area contributed by atoms with E-state index in [1.165, 1.54) is 0 Å². The summed E-state index contributed by atoms with van der Waals surface area (Å²) in [4.78, 5) is 12.0. The maximum Gasteiger partial charge on any atom is 0.141 e. The van der Waals surface area contributed by atoms with Crippen LogP contribution < -0.4 is 5.73 Å². The summed E-state index contributed by atoms with van der Waals surface area (Å²) in [6.45, 7) is 4.60. The van der Waals surface area contributed by atoms with E-state index >= 15 is 0 Å². The summed E-state index contributed by atoms with van der Waals surface area (Å²) in [5, 5.41) is 9.16. The maximum atomic E-state index is 12.0. The molecule has 0 radical (unpaired) electrons. The molecule has 0 aliphatic heterocycles. The summed E-state index contributed by atoms with van der Waals surface area (Å²) in [5.41, 5.74) is 6.56. The summed E-state index contributed by atoms with van der Waals surface area (Å²) in [6.07, 6.45) is 1.24. The molecule has 3 N–H and O–H groups in total. The predicted octanol–water partition coefficient (Wildman–Crippen LogP) is 2.12. The highest BCUT2D eigenvalue weighted by molar-refractivity contribution is 5.83. The molecule has 1 aromatic carbocycles. The molecular weight excluding hydrogens is 214 g/mol. The Bertz CT molecular complexity index is 357. The molecule has 3 heteroatoms. The zero-order valence-electron chi connectivity index (χ0n) is 10.5. The van der Waals surface area contributed by atoms with Crippen LogP contribution in [-0.2, 0) is 11.2 Å². The summed E-state index contributed by atoms with van der Waals surface area (Å²) in [7, 11) is 0. The van der Waals surface area contributed by atoms with E-state index in [4.69, 9.17) is 10.8 Å². The average Bonchev–Trinajstić information content (AvgIpc) is 2.28. The van der Waals surface area contributed by atoms with Crippen LogP contribution in [-0.4, -0.2) is 17.4 Å². The number of rotatable bonds is 6. The first-order valence-corrected chi connectivity index (χ1v) is 6.03. The Morgan fingerprint density at radius 1 is 1.29 bits per heavy atom. The molecule has 0 saturated heterocycles. The number of hydrogen-bond donors (Lipinski definition) is 2. The van der Waals surface area contributed by atoms with Crippen LogP contribution in [0.4, 0.5) is 0 Å². The number of aromatic hydroxyl groups is 1. The Morgan fingerprint density at radius 3 is 2.35 bits per heavy atom. The largest absolute Gasteiger partial charge is 0.508 e. The molecule has 0 amide bonds. The van der Waals surface area contributed by atoms with E-state index in [2.05, 4.69) is 13.8 Å². The number of benzene rings is 1. The number of phenolic OH excluding ortho intramolecular Hbond substituents is 1. The standard InChI is InChI=1S/C14H21NO2/c1-10(2)7-12(9-15)14(17)8-11-3-5-13(16)6-4-11/h3-6,10,12,16H,7-9,15H2,1-2H3. The molecule has 1 aromatic rings. The SMILES string of the molecule is CC(C)CC(CN)C(=O)Cc1ccc(O)cc1. The second-order valence-corrected chi connectivity index (χ2v) is 4.87. The summed E-state index contributed by atoms with van der Waals surface area (Å²) in [6, 6.07) is 6.75. The number of carbonyl (C=O) groups excluding carboxylic acids is 1. The lowest BCUT2D eigenvalue weighted by atomic mass is 9.90. The van der Waals surface area contributed by atoms with Crippen molar-refractivity contribution >= 4 is 5.78 Å². The minimum Gasteiger partial charge on any atom is -0.508 e. The van der Waals surface area contributed by atoms with Gasteiger partial charge in [0.1, 0.15) is 11.5 Å². The molecule has 0 heterocycles. The third kappa shape index (κ3) is 4.57. The van der Waals surface area contributed by atoms with E-state index in [-0.39, 0.29) is 17.5 Å². The lowest BCUT2D eigenvalue weighted by molar-refractivity contribution is -0.122. The lowest BCUT2D eigenvalue weighted by Gasteiger charge is -2.15. The molecule has 1 rings (SSSR count). The van der Waals surface area contributed by atoms with Crippen molar-refractivity contribution in [2.75, 3.05) is 6.54 Å². The molecular formula is C14H21NO2. The molecule has 17 heavy (non-hydrogen) atoms. The smallest absolute Gasteiger partial charge is 0.141 e. The van der Waals surface area contributed by atoms with Crippen LogP contribution in [0.3, 0.4) is 0 Å². The topological polar surface area (TPSA) is 63.3 Å². The van der Waals surface area contributed by atoms with E-state index in [0.717, 1.165) is 12.0 Å². The minimum absolute atomic E-state index is 0.0520. The summed E-state index contributed by atoms with van der Waals surface area (Å²) >= 11 is 0. The molecule has 1 atom stereocenters. The molecule has 1 unspecified atom stereocenters. The molecule has 0 aliphatic rings. The first kappa shape index (κ1) is 13.7. The number of hydrogen-bond acceptors (Lipinski definition) is 3. The van der Waals surface area contributed by atoms with Gasteiger partial charge in [0.2, 0.25) is 0 Å². The molecule has 0 saturated carbocycles. The Labute approximate surface area is 103 Å². The first-order chi connectivity index (χ1) is 8.02. The fourth-order valence-corrected chi connectivity index (χ4v) is 1.89. The monoisotopic (exact) mass is 235 g/mol. The highest BCUT2D eigenvalue weighted by Crippen LogP contribution is 2.16. The van der Waals surface area contributed by atoms with E-state index in [0.29, 0.717) is 18.9 Å². The van der Waals surface area contributed by atoms with Gasteiger partial charge in [-0.2, -0.15) is 0 Å². The molecule has 0 aromatic heterocycles. The molecule has 3 nitrogen and oxygen atoms in total. The van der Waals surface area contributed by atoms with Crippen molar-refractivity contribution in [1.29, 1.82) is 0 Å². The van der Waals surface area contributed by atoms with Gasteiger partial charge in [0, 0.05) is 18.9 Å². The predicted molar refractivity (Wildman–Crippen MR) is 68.8 cm³/mol. The number of nitrogens with two attached hydrogens (primary N) is 1. The van der Waals surface area contributed by atoms with Gasteiger partial charge in [-0.1, -0.05) is 26.0 Å². The van der Waals surface area contributed by atoms with Gasteiger partial charge >= 0.3 is 0 Å². The summed E-state index contributed by atoms with van der Waals surface area (Å²) < 4.78 is 0. The number of ketones is 1. The van der Waals surface area contributed by atoms with Crippen molar-refractivity contribution < 1.29 is 9.90 Å². The van der Waals surface area contributed by atoms with Crippen molar-refractivity contribution in [2.45, 2.75) is 26.7 Å². The molecule has 0 bridgehead atoms.